The molecule has 1 atom stereocenters. The van der Waals surface area contributed by atoms with Gasteiger partial charge in [-0.25, -0.2) is 14.8 Å². The summed E-state index contributed by atoms with van der Waals surface area (Å²) in [4.78, 5) is 88.2. The summed E-state index contributed by atoms with van der Waals surface area (Å²) in [6.45, 7) is 10.5. The normalized spacial score (nSPS) is 14.9. The first-order valence-electron chi connectivity index (χ1n) is 23.7. The maximum absolute atomic E-state index is 13.3. The van der Waals surface area contributed by atoms with Crippen molar-refractivity contribution in [1.29, 1.82) is 0 Å². The molecule has 4 amide bonds. The summed E-state index contributed by atoms with van der Waals surface area (Å²) in [6.07, 6.45) is 11.3. The van der Waals surface area contributed by atoms with Gasteiger partial charge in [0.15, 0.2) is 5.69 Å². The van der Waals surface area contributed by atoms with Gasteiger partial charge in [-0.05, 0) is 76.0 Å². The molecular weight excluding hydrogens is 978 g/mol. The zero-order valence-electron chi connectivity index (χ0n) is 42.1. The smallest absolute Gasteiger partial charge is 0.329 e. The Labute approximate surface area is 434 Å². The van der Waals surface area contributed by atoms with E-state index in [0.717, 1.165) is 54.8 Å². The highest BCUT2D eigenvalue weighted by Crippen LogP contribution is 2.41. The van der Waals surface area contributed by atoms with Crippen LogP contribution in [0.25, 0.3) is 22.4 Å². The Hall–Kier alpha value is -7.27. The number of benzene rings is 2. The SMILES string of the molecule is C/C=C\C(Cl)=C/NC.C=O.CCCC(C(=O)NC=O)n1c(=O)n(C)c2c(C#CCN3CCC4(CC3)CN(C(=O)CCCn3c(-c5cnc(OC)nc5OC)nc5c3CNC5=O)C4)cccc21.Clc1ccccc1. The van der Waals surface area contributed by atoms with E-state index in [9.17, 15) is 24.0 Å². The number of hydrogen-bond acceptors (Lipinski definition) is 13. The van der Waals surface area contributed by atoms with Crippen LogP contribution in [0.1, 0.15) is 80.2 Å². The van der Waals surface area contributed by atoms with Gasteiger partial charge in [0.1, 0.15) is 18.7 Å². The van der Waals surface area contributed by atoms with Crippen molar-refractivity contribution in [3.05, 3.63) is 111 Å². The number of nitrogens with one attached hydrogen (secondary N) is 3. The lowest BCUT2D eigenvalue weighted by molar-refractivity contribution is -0.146. The maximum Gasteiger partial charge on any atom is 0.329 e. The summed E-state index contributed by atoms with van der Waals surface area (Å²) >= 11 is 11.1. The van der Waals surface area contributed by atoms with Gasteiger partial charge < -0.3 is 34.4 Å². The average Bonchev–Trinajstić information content (AvgIpc) is 4.02. The van der Waals surface area contributed by atoms with Crippen LogP contribution < -0.4 is 31.1 Å². The number of carbonyl (C=O) groups is 5. The first-order chi connectivity index (χ1) is 35.3. The molecule has 3 aromatic heterocycles. The van der Waals surface area contributed by atoms with E-state index in [1.165, 1.54) is 23.4 Å². The number of para-hydroxylation sites is 1. The molecule has 73 heavy (non-hydrogen) atoms. The second-order valence-corrected chi connectivity index (χ2v) is 18.1. The van der Waals surface area contributed by atoms with Gasteiger partial charge in [-0.3, -0.25) is 38.5 Å². The molecular formula is C52H63Cl2N11O8. The first kappa shape index (κ1) is 56.6. The van der Waals surface area contributed by atoms with Crippen molar-refractivity contribution in [2.75, 3.05) is 54.0 Å². The number of aromatic nitrogens is 6. The van der Waals surface area contributed by atoms with Gasteiger partial charge >= 0.3 is 11.7 Å². The number of piperidine rings is 1. The Morgan fingerprint density at radius 3 is 2.38 bits per heavy atom. The van der Waals surface area contributed by atoms with Gasteiger partial charge in [0.05, 0.1) is 60.2 Å². The minimum absolute atomic E-state index is 0.115. The highest BCUT2D eigenvalue weighted by atomic mass is 35.5. The average molecular weight is 1040 g/mol. The summed E-state index contributed by atoms with van der Waals surface area (Å²) in [7, 11) is 6.45. The number of amides is 4. The largest absolute Gasteiger partial charge is 0.480 e. The molecule has 0 saturated carbocycles. The van der Waals surface area contributed by atoms with E-state index >= 15 is 0 Å². The summed E-state index contributed by atoms with van der Waals surface area (Å²) in [5, 5.41) is 9.35. The highest BCUT2D eigenvalue weighted by molar-refractivity contribution is 6.31. The molecule has 6 heterocycles. The van der Waals surface area contributed by atoms with Crippen molar-refractivity contribution in [2.45, 2.75) is 71.5 Å². The van der Waals surface area contributed by atoms with Crippen molar-refractivity contribution in [2.24, 2.45) is 12.5 Å². The number of aryl methyl sites for hydroxylation is 1. The Balaban J connectivity index is 0.000000497. The van der Waals surface area contributed by atoms with Crippen molar-refractivity contribution in [1.82, 2.24) is 54.4 Å². The molecule has 3 aliphatic heterocycles. The second kappa shape index (κ2) is 27.5. The van der Waals surface area contributed by atoms with E-state index in [4.69, 9.17) is 37.5 Å². The van der Waals surface area contributed by atoms with E-state index in [-0.39, 0.29) is 34.8 Å². The van der Waals surface area contributed by atoms with Crippen LogP contribution in [0.4, 0.5) is 0 Å². The van der Waals surface area contributed by atoms with E-state index < -0.39 is 11.9 Å². The molecule has 2 fully saturated rings. The third-order valence-corrected chi connectivity index (χ3v) is 13.0. The molecule has 2 saturated heterocycles. The zero-order chi connectivity index (χ0) is 53.1. The molecule has 2 aromatic carbocycles. The third kappa shape index (κ3) is 14.0. The topological polar surface area (TPSA) is 217 Å². The second-order valence-electron chi connectivity index (χ2n) is 17.2. The quantitative estimate of drug-likeness (QED) is 0.0658. The Bertz CT molecular complexity index is 2890. The third-order valence-electron chi connectivity index (χ3n) is 12.5. The van der Waals surface area contributed by atoms with Crippen molar-refractivity contribution in [3.8, 4) is 35.1 Å². The first-order valence-corrected chi connectivity index (χ1v) is 24.5. The summed E-state index contributed by atoms with van der Waals surface area (Å²) in [6, 6.07) is 14.3. The van der Waals surface area contributed by atoms with Crippen LogP contribution in [0.2, 0.25) is 5.02 Å². The lowest BCUT2D eigenvalue weighted by atomic mass is 9.72. The fraction of sp³-hybridized carbons (Fsp3) is 0.404. The standard InChI is InChI=1S/C39H46N10O7.C6H10ClN.C6H5Cl.CH2O/c1-5-9-28(34(52)42-24-50)49-27-12-6-10-25(32(27)45(2)38(49)54)11-7-16-46-18-14-39(15-19-46)22-47(23-39)30(51)13-8-17-48-29-21-40-35(53)31(29)43-33(48)26-20-41-37(56-4)44-36(26)55-3;1-3-4-6(7)5-8-2;7-6-4-2-1-3-5-6;1-2/h6,10,12,20,24,28H,5,8-9,13-19,21-23H2,1-4H3,(H,40,53)(H,42,50,52);3-5,8H,1-2H3;1-5H;1H2/b;4-3-,6-5+;;. The van der Waals surface area contributed by atoms with E-state index in [0.29, 0.717) is 85.4 Å². The van der Waals surface area contributed by atoms with Crippen LogP contribution in [-0.2, 0) is 39.3 Å². The number of imide groups is 1. The lowest BCUT2D eigenvalue weighted by Crippen LogP contribution is -2.61. The van der Waals surface area contributed by atoms with Crippen LogP contribution in [0.3, 0.4) is 0 Å². The zero-order valence-corrected chi connectivity index (χ0v) is 43.6. The number of rotatable bonds is 15. The fourth-order valence-corrected chi connectivity index (χ4v) is 9.32. The van der Waals surface area contributed by atoms with Gasteiger partial charge in [0.2, 0.25) is 24.1 Å². The molecule has 0 aliphatic carbocycles. The fourth-order valence-electron chi connectivity index (χ4n) is 8.94. The maximum atomic E-state index is 13.3. The molecule has 0 radical (unpaired) electrons. The number of fused-ring (bicyclic) bond motifs is 2. The van der Waals surface area contributed by atoms with Crippen LogP contribution >= 0.6 is 23.2 Å². The number of halogens is 2. The van der Waals surface area contributed by atoms with Gasteiger partial charge in [-0.1, -0.05) is 78.7 Å². The molecule has 1 unspecified atom stereocenters. The number of ether oxygens (including phenoxy) is 2. The van der Waals surface area contributed by atoms with Crippen LogP contribution in [-0.4, -0.2) is 123 Å². The van der Waals surface area contributed by atoms with Gasteiger partial charge in [0, 0.05) is 63.0 Å². The van der Waals surface area contributed by atoms with Crippen LogP contribution in [0.15, 0.2) is 82.9 Å². The van der Waals surface area contributed by atoms with Gasteiger partial charge in [-0.15, -0.1) is 0 Å². The molecule has 21 heteroatoms. The minimum atomic E-state index is -0.809. The monoisotopic (exact) mass is 1040 g/mol. The van der Waals surface area contributed by atoms with E-state index in [1.54, 1.807) is 25.5 Å². The number of nitrogens with zero attached hydrogens (tertiary/aromatic N) is 8. The predicted molar refractivity (Wildman–Crippen MR) is 280 cm³/mol. The number of methoxy groups -OCH3 is 2. The molecule has 19 nitrogen and oxygen atoms in total. The van der Waals surface area contributed by atoms with Crippen molar-refractivity contribution < 1.29 is 33.4 Å². The van der Waals surface area contributed by atoms with Gasteiger partial charge in [-0.2, -0.15) is 4.98 Å². The number of likely N-dealkylation sites (tertiary alicyclic amines) is 2. The van der Waals surface area contributed by atoms with Crippen LogP contribution in [0, 0.1) is 17.3 Å². The molecule has 3 N–H and O–H groups in total. The molecule has 388 valence electrons. The number of hydrogen-bond donors (Lipinski definition) is 3. The van der Waals surface area contributed by atoms with E-state index in [2.05, 4.69) is 47.6 Å². The van der Waals surface area contributed by atoms with E-state index in [1.807, 2.05) is 91.8 Å². The lowest BCUT2D eigenvalue weighted by Gasteiger charge is -2.54. The molecule has 5 aromatic rings. The number of allylic oxidation sites excluding steroid dienone is 3. The van der Waals surface area contributed by atoms with Gasteiger partial charge in [0.25, 0.3) is 5.91 Å². The Morgan fingerprint density at radius 1 is 1.04 bits per heavy atom. The highest BCUT2D eigenvalue weighted by Gasteiger charge is 2.46. The predicted octanol–water partition coefficient (Wildman–Crippen LogP) is 5.64. The molecule has 1 spiro atoms. The number of imidazole rings is 2. The Morgan fingerprint density at radius 2 is 1.77 bits per heavy atom. The van der Waals surface area contributed by atoms with Crippen molar-refractivity contribution >= 4 is 65.2 Å². The molecule has 8 rings (SSSR count). The molecule has 0 bridgehead atoms. The van der Waals surface area contributed by atoms with Crippen molar-refractivity contribution in [3.63, 3.8) is 0 Å². The number of carbonyl (C=O) groups excluding carboxylic acids is 5. The molecule has 3 aliphatic rings. The minimum Gasteiger partial charge on any atom is -0.480 e. The summed E-state index contributed by atoms with van der Waals surface area (Å²) in [5.41, 5.74) is 3.37. The van der Waals surface area contributed by atoms with Crippen LogP contribution in [0.5, 0.6) is 11.9 Å². The summed E-state index contributed by atoms with van der Waals surface area (Å²) in [5.74, 6) is 6.71. The summed E-state index contributed by atoms with van der Waals surface area (Å²) < 4.78 is 15.5. The Kier molecular flexibility index (Phi) is 21.4.